The molecule has 3 N–H and O–H groups in total. The number of urea groups is 1. The lowest BCUT2D eigenvalue weighted by atomic mass is 9.98. The number of aromatic carboxylic acids is 1. The van der Waals surface area contributed by atoms with E-state index in [-0.39, 0.29) is 17.6 Å². The molecule has 6 heteroatoms. The van der Waals surface area contributed by atoms with Crippen LogP contribution in [0.2, 0.25) is 0 Å². The topological polar surface area (TPSA) is 78.4 Å². The number of carbonyl (C=O) groups excluding carboxylic acids is 1. The van der Waals surface area contributed by atoms with Crippen molar-refractivity contribution in [3.63, 3.8) is 0 Å². The van der Waals surface area contributed by atoms with Crippen molar-refractivity contribution in [3.05, 3.63) is 28.2 Å². The molecule has 1 saturated carbocycles. The van der Waals surface area contributed by atoms with Gasteiger partial charge in [0.15, 0.2) is 0 Å². The highest BCUT2D eigenvalue weighted by molar-refractivity contribution is 9.10. The Kier molecular flexibility index (Phi) is 4.88. The summed E-state index contributed by atoms with van der Waals surface area (Å²) in [5.41, 5.74) is 0.356. The molecule has 1 aliphatic carbocycles. The zero-order valence-electron chi connectivity index (χ0n) is 12.0. The average molecular weight is 355 g/mol. The van der Waals surface area contributed by atoms with Crippen LogP contribution in [0.1, 0.15) is 37.0 Å². The number of hydrogen-bond donors (Lipinski definition) is 3. The number of nitrogens with one attached hydrogen (secondary N) is 2. The van der Waals surface area contributed by atoms with E-state index in [0.29, 0.717) is 22.0 Å². The highest BCUT2D eigenvalue weighted by atomic mass is 79.9. The van der Waals surface area contributed by atoms with E-state index in [0.717, 1.165) is 12.8 Å². The molecule has 0 radical (unpaired) electrons. The van der Waals surface area contributed by atoms with Crippen LogP contribution in [0, 0.1) is 11.8 Å². The van der Waals surface area contributed by atoms with Crippen LogP contribution < -0.4 is 10.6 Å². The molecule has 1 aromatic carbocycles. The number of hydrogen-bond acceptors (Lipinski definition) is 2. The second-order valence-corrected chi connectivity index (χ2v) is 6.53. The maximum atomic E-state index is 12.1. The minimum absolute atomic E-state index is 0.0624. The number of rotatable bonds is 3. The first-order valence-corrected chi connectivity index (χ1v) is 7.78. The first-order chi connectivity index (χ1) is 9.88. The third-order valence-electron chi connectivity index (χ3n) is 4.24. The van der Waals surface area contributed by atoms with Crippen LogP contribution in [0.5, 0.6) is 0 Å². The Hall–Kier alpha value is -1.56. The van der Waals surface area contributed by atoms with E-state index in [9.17, 15) is 14.7 Å². The minimum Gasteiger partial charge on any atom is -0.478 e. The predicted octanol–water partition coefficient (Wildman–Crippen LogP) is 3.70. The Bertz CT molecular complexity index is 562. The molecule has 0 spiro atoms. The number of benzene rings is 1. The smallest absolute Gasteiger partial charge is 0.337 e. The highest BCUT2D eigenvalue weighted by Crippen LogP contribution is 2.31. The number of carboxylic acids is 1. The van der Waals surface area contributed by atoms with Gasteiger partial charge in [-0.3, -0.25) is 0 Å². The average Bonchev–Trinajstić information content (AvgIpc) is 2.72. The largest absolute Gasteiger partial charge is 0.478 e. The lowest BCUT2D eigenvalue weighted by Gasteiger charge is -2.20. The van der Waals surface area contributed by atoms with E-state index in [1.807, 2.05) is 0 Å². The van der Waals surface area contributed by atoms with E-state index in [1.54, 1.807) is 12.1 Å². The third kappa shape index (κ3) is 3.75. The quantitative estimate of drug-likeness (QED) is 0.774. The summed E-state index contributed by atoms with van der Waals surface area (Å²) >= 11 is 3.22. The molecule has 1 aliphatic rings. The maximum absolute atomic E-state index is 12.1. The van der Waals surface area contributed by atoms with Crippen LogP contribution in [-0.2, 0) is 0 Å². The van der Waals surface area contributed by atoms with Gasteiger partial charge in [0.25, 0.3) is 0 Å². The van der Waals surface area contributed by atoms with E-state index < -0.39 is 5.97 Å². The molecule has 5 nitrogen and oxygen atoms in total. The number of halogens is 1. The monoisotopic (exact) mass is 354 g/mol. The molecule has 0 bridgehead atoms. The van der Waals surface area contributed by atoms with Gasteiger partial charge in [-0.2, -0.15) is 0 Å². The van der Waals surface area contributed by atoms with Crippen molar-refractivity contribution < 1.29 is 14.7 Å². The number of anilines is 1. The molecule has 3 unspecified atom stereocenters. The van der Waals surface area contributed by atoms with Gasteiger partial charge in [-0.05, 0) is 42.9 Å². The van der Waals surface area contributed by atoms with Gasteiger partial charge < -0.3 is 15.7 Å². The molecule has 0 aromatic heterocycles. The summed E-state index contributed by atoms with van der Waals surface area (Å²) in [5.74, 6) is -0.0494. The lowest BCUT2D eigenvalue weighted by Crippen LogP contribution is -2.40. The van der Waals surface area contributed by atoms with Gasteiger partial charge in [0.2, 0.25) is 0 Å². The van der Waals surface area contributed by atoms with Gasteiger partial charge in [-0.25, -0.2) is 9.59 Å². The molecular weight excluding hydrogens is 336 g/mol. The van der Waals surface area contributed by atoms with E-state index >= 15 is 0 Å². The maximum Gasteiger partial charge on any atom is 0.337 e. The van der Waals surface area contributed by atoms with Crippen LogP contribution in [0.25, 0.3) is 0 Å². The Balaban J connectivity index is 2.05. The molecule has 1 fully saturated rings. The van der Waals surface area contributed by atoms with Crippen LogP contribution in [0.3, 0.4) is 0 Å². The molecular formula is C15H19BrN2O3. The van der Waals surface area contributed by atoms with Crippen molar-refractivity contribution in [1.29, 1.82) is 0 Å². The van der Waals surface area contributed by atoms with Gasteiger partial charge in [-0.15, -0.1) is 0 Å². The van der Waals surface area contributed by atoms with Gasteiger partial charge in [-0.1, -0.05) is 29.8 Å². The predicted molar refractivity (Wildman–Crippen MR) is 84.6 cm³/mol. The fourth-order valence-corrected chi connectivity index (χ4v) is 3.06. The minimum atomic E-state index is -1.07. The van der Waals surface area contributed by atoms with Gasteiger partial charge >= 0.3 is 12.0 Å². The molecule has 2 amide bonds. The number of carbonyl (C=O) groups is 2. The summed E-state index contributed by atoms with van der Waals surface area (Å²) in [4.78, 5) is 23.3. The summed E-state index contributed by atoms with van der Waals surface area (Å²) < 4.78 is 0.657. The lowest BCUT2D eigenvalue weighted by molar-refractivity contribution is 0.0698. The second-order valence-electron chi connectivity index (χ2n) is 5.61. The van der Waals surface area contributed by atoms with Crippen LogP contribution in [0.4, 0.5) is 10.5 Å². The van der Waals surface area contributed by atoms with Crippen molar-refractivity contribution in [2.45, 2.75) is 32.7 Å². The number of carboxylic acid groups (broad SMARTS) is 1. The molecule has 0 saturated heterocycles. The zero-order valence-corrected chi connectivity index (χ0v) is 13.6. The fourth-order valence-electron chi connectivity index (χ4n) is 2.70. The first-order valence-electron chi connectivity index (χ1n) is 6.99. The molecule has 2 rings (SSSR count). The van der Waals surface area contributed by atoms with Crippen molar-refractivity contribution in [1.82, 2.24) is 5.32 Å². The molecule has 0 aliphatic heterocycles. The van der Waals surface area contributed by atoms with Crippen molar-refractivity contribution in [2.75, 3.05) is 5.32 Å². The SMILES string of the molecule is CC1CCC(NC(=O)Nc2ccc(Br)cc2C(=O)O)C1C. The molecule has 3 atom stereocenters. The first kappa shape index (κ1) is 15.8. The fraction of sp³-hybridized carbons (Fsp3) is 0.467. The van der Waals surface area contributed by atoms with Crippen molar-refractivity contribution in [3.8, 4) is 0 Å². The Morgan fingerprint density at radius 3 is 2.57 bits per heavy atom. The molecule has 1 aromatic rings. The summed E-state index contributed by atoms with van der Waals surface area (Å²) in [5, 5.41) is 14.7. The summed E-state index contributed by atoms with van der Waals surface area (Å²) in [6.07, 6.45) is 2.06. The highest BCUT2D eigenvalue weighted by Gasteiger charge is 2.30. The van der Waals surface area contributed by atoms with Gasteiger partial charge in [0.1, 0.15) is 0 Å². The molecule has 21 heavy (non-hydrogen) atoms. The normalized spacial score (nSPS) is 24.6. The Labute approximate surface area is 132 Å². The van der Waals surface area contributed by atoms with E-state index in [2.05, 4.69) is 40.4 Å². The summed E-state index contributed by atoms with van der Waals surface area (Å²) in [6, 6.07) is 4.53. The van der Waals surface area contributed by atoms with Gasteiger partial charge in [0.05, 0.1) is 11.3 Å². The Morgan fingerprint density at radius 2 is 2.00 bits per heavy atom. The van der Waals surface area contributed by atoms with Crippen LogP contribution in [0.15, 0.2) is 22.7 Å². The third-order valence-corrected chi connectivity index (χ3v) is 4.74. The van der Waals surface area contributed by atoms with Crippen LogP contribution in [-0.4, -0.2) is 23.1 Å². The van der Waals surface area contributed by atoms with Gasteiger partial charge in [0, 0.05) is 10.5 Å². The van der Waals surface area contributed by atoms with Crippen LogP contribution >= 0.6 is 15.9 Å². The Morgan fingerprint density at radius 1 is 1.29 bits per heavy atom. The van der Waals surface area contributed by atoms with Crippen molar-refractivity contribution in [2.24, 2.45) is 11.8 Å². The zero-order chi connectivity index (χ0) is 15.6. The second kappa shape index (κ2) is 6.47. The molecule has 114 valence electrons. The number of amides is 2. The van der Waals surface area contributed by atoms with E-state index in [4.69, 9.17) is 0 Å². The van der Waals surface area contributed by atoms with Crippen molar-refractivity contribution >= 4 is 33.6 Å². The summed E-state index contributed by atoms with van der Waals surface area (Å²) in [7, 11) is 0. The summed E-state index contributed by atoms with van der Waals surface area (Å²) in [6.45, 7) is 4.31. The van der Waals surface area contributed by atoms with E-state index in [1.165, 1.54) is 6.07 Å². The standard InChI is InChI=1S/C15H19BrN2O3/c1-8-3-5-12(9(8)2)17-15(21)18-13-6-4-10(16)7-11(13)14(19)20/h4,6-9,12H,3,5H2,1-2H3,(H,19,20)(H2,17,18,21). The molecule has 0 heterocycles.